The number of anilines is 1. The molecule has 1 aromatic carbocycles. The molecule has 0 radical (unpaired) electrons. The van der Waals surface area contributed by atoms with Crippen molar-refractivity contribution in [1.29, 1.82) is 0 Å². The highest BCUT2D eigenvalue weighted by molar-refractivity contribution is 7.17. The van der Waals surface area contributed by atoms with Gasteiger partial charge in [0.25, 0.3) is 5.91 Å². The lowest BCUT2D eigenvalue weighted by atomic mass is 9.81. The van der Waals surface area contributed by atoms with E-state index in [-0.39, 0.29) is 42.0 Å². The first kappa shape index (κ1) is 23.4. The zero-order chi connectivity index (χ0) is 23.4. The van der Waals surface area contributed by atoms with E-state index in [9.17, 15) is 18.8 Å². The summed E-state index contributed by atoms with van der Waals surface area (Å²) in [4.78, 5) is 39.1. The van der Waals surface area contributed by atoms with Gasteiger partial charge in [-0.25, -0.2) is 4.39 Å². The number of carbonyl (C=O) groups is 3. The average molecular weight is 473 g/mol. The van der Waals surface area contributed by atoms with E-state index in [4.69, 9.17) is 4.74 Å². The average Bonchev–Trinajstić information content (AvgIpc) is 3.21. The second kappa shape index (κ2) is 10.5. The van der Waals surface area contributed by atoms with Crippen LogP contribution in [0.25, 0.3) is 0 Å². The number of carbonyl (C=O) groups excluding carboxylic acids is 3. The number of benzene rings is 1. The van der Waals surface area contributed by atoms with E-state index >= 15 is 0 Å². The number of hydrogen-bond donors (Lipinski definition) is 2. The topological polar surface area (TPSA) is 84.5 Å². The number of thiophene rings is 1. The molecule has 33 heavy (non-hydrogen) atoms. The predicted octanol–water partition coefficient (Wildman–Crippen LogP) is 4.61. The minimum absolute atomic E-state index is 0.0931. The highest BCUT2D eigenvalue weighted by atomic mass is 32.1. The number of hydrogen-bond acceptors (Lipinski definition) is 5. The summed E-state index contributed by atoms with van der Waals surface area (Å²) >= 11 is 1.50. The fourth-order valence-electron chi connectivity index (χ4n) is 4.74. The molecular weight excluding hydrogens is 443 g/mol. The number of fused-ring (bicyclic) bond motifs is 1. The highest BCUT2D eigenvalue weighted by Gasteiger charge is 2.32. The lowest BCUT2D eigenvalue weighted by Gasteiger charge is -2.26. The number of ether oxygens (including phenoxy) is 1. The van der Waals surface area contributed by atoms with Crippen LogP contribution in [0.3, 0.4) is 0 Å². The van der Waals surface area contributed by atoms with Crippen molar-refractivity contribution in [2.24, 2.45) is 11.8 Å². The van der Waals surface area contributed by atoms with E-state index in [1.165, 1.54) is 30.6 Å². The number of nitrogens with one attached hydrogen (secondary N) is 2. The van der Waals surface area contributed by atoms with Crippen LogP contribution in [-0.4, -0.2) is 24.9 Å². The maximum atomic E-state index is 13.2. The maximum Gasteiger partial charge on any atom is 0.308 e. The lowest BCUT2D eigenvalue weighted by Crippen LogP contribution is -2.31. The minimum Gasteiger partial charge on any atom is -0.469 e. The van der Waals surface area contributed by atoms with Crippen LogP contribution in [0.5, 0.6) is 0 Å². The number of esters is 1. The van der Waals surface area contributed by atoms with E-state index in [0.717, 1.165) is 41.7 Å². The molecule has 4 rings (SSSR count). The van der Waals surface area contributed by atoms with Gasteiger partial charge in [0.15, 0.2) is 0 Å². The Kier molecular flexibility index (Phi) is 7.42. The van der Waals surface area contributed by atoms with E-state index < -0.39 is 0 Å². The Bertz CT molecular complexity index is 1030. The summed E-state index contributed by atoms with van der Waals surface area (Å²) in [6.45, 7) is 0.286. The molecule has 2 aliphatic carbocycles. The molecule has 2 aliphatic rings. The zero-order valence-electron chi connectivity index (χ0n) is 18.7. The molecule has 2 N–H and O–H groups in total. The third-order valence-electron chi connectivity index (χ3n) is 6.63. The molecule has 0 unspecified atom stereocenters. The van der Waals surface area contributed by atoms with E-state index in [0.29, 0.717) is 36.2 Å². The van der Waals surface area contributed by atoms with Crippen molar-refractivity contribution in [3.63, 3.8) is 0 Å². The van der Waals surface area contributed by atoms with Crippen molar-refractivity contribution < 1.29 is 23.5 Å². The van der Waals surface area contributed by atoms with Crippen LogP contribution in [0.2, 0.25) is 0 Å². The molecule has 0 bridgehead atoms. The molecule has 2 aromatic rings. The molecule has 1 aromatic heterocycles. The predicted molar refractivity (Wildman–Crippen MR) is 125 cm³/mol. The summed E-state index contributed by atoms with van der Waals surface area (Å²) in [6, 6.07) is 6.03. The van der Waals surface area contributed by atoms with Gasteiger partial charge in [-0.1, -0.05) is 12.1 Å². The maximum absolute atomic E-state index is 13.2. The standard InChI is InChI=1S/C25H29FN2O4S/c1-32-25(31)17-10-8-16(9-11-17)22(29)28-24-21(19-4-2-3-5-20(19)33-24)23(30)27-14-15-6-12-18(26)13-7-15/h6-7,12-13,16-17H,2-5,8-11,14H2,1H3,(H,27,30)(H,28,29). The van der Waals surface area contributed by atoms with Crippen molar-refractivity contribution in [1.82, 2.24) is 5.32 Å². The van der Waals surface area contributed by atoms with Gasteiger partial charge in [0.1, 0.15) is 10.8 Å². The third kappa shape index (κ3) is 5.43. The Hall–Kier alpha value is -2.74. The third-order valence-corrected chi connectivity index (χ3v) is 7.84. The van der Waals surface area contributed by atoms with Crippen LogP contribution in [0.4, 0.5) is 9.39 Å². The quantitative estimate of drug-likeness (QED) is 0.601. The van der Waals surface area contributed by atoms with E-state index in [2.05, 4.69) is 10.6 Å². The molecule has 1 saturated carbocycles. The fourth-order valence-corrected chi connectivity index (χ4v) is 6.03. The van der Waals surface area contributed by atoms with E-state index in [1.807, 2.05) is 0 Å². The number of rotatable bonds is 6. The molecule has 1 fully saturated rings. The summed E-state index contributed by atoms with van der Waals surface area (Å²) in [5, 5.41) is 6.58. The van der Waals surface area contributed by atoms with Gasteiger partial charge >= 0.3 is 5.97 Å². The van der Waals surface area contributed by atoms with E-state index in [1.54, 1.807) is 12.1 Å². The molecule has 0 saturated heterocycles. The second-order valence-corrected chi connectivity index (χ2v) is 9.89. The first-order chi connectivity index (χ1) is 16.0. The van der Waals surface area contributed by atoms with Crippen molar-refractivity contribution in [3.05, 3.63) is 51.7 Å². The van der Waals surface area contributed by atoms with Crippen LogP contribution in [0.15, 0.2) is 24.3 Å². The van der Waals surface area contributed by atoms with Crippen LogP contribution < -0.4 is 10.6 Å². The van der Waals surface area contributed by atoms with Crippen LogP contribution in [-0.2, 0) is 33.7 Å². The van der Waals surface area contributed by atoms with Gasteiger partial charge in [-0.3, -0.25) is 14.4 Å². The summed E-state index contributed by atoms with van der Waals surface area (Å²) < 4.78 is 18.0. The Morgan fingerprint density at radius 3 is 2.39 bits per heavy atom. The summed E-state index contributed by atoms with van der Waals surface area (Å²) in [5.74, 6) is -1.16. The molecule has 6 nitrogen and oxygen atoms in total. The summed E-state index contributed by atoms with van der Waals surface area (Å²) in [7, 11) is 1.39. The van der Waals surface area contributed by atoms with Gasteiger partial charge < -0.3 is 15.4 Å². The van der Waals surface area contributed by atoms with Gasteiger partial charge in [-0.15, -0.1) is 11.3 Å². The molecule has 2 amide bonds. The summed E-state index contributed by atoms with van der Waals surface area (Å²) in [5.41, 5.74) is 2.41. The molecule has 1 heterocycles. The Morgan fingerprint density at radius 2 is 1.70 bits per heavy atom. The van der Waals surface area contributed by atoms with Gasteiger partial charge in [-0.2, -0.15) is 0 Å². The fraction of sp³-hybridized carbons (Fsp3) is 0.480. The highest BCUT2D eigenvalue weighted by Crippen LogP contribution is 2.39. The van der Waals surface area contributed by atoms with Crippen molar-refractivity contribution in [2.45, 2.75) is 57.9 Å². The SMILES string of the molecule is COC(=O)C1CCC(C(=O)Nc2sc3c(c2C(=O)NCc2ccc(F)cc2)CCCC3)CC1. The van der Waals surface area contributed by atoms with Gasteiger partial charge in [0, 0.05) is 17.3 Å². The van der Waals surface area contributed by atoms with Crippen LogP contribution in [0, 0.1) is 17.7 Å². The van der Waals surface area contributed by atoms with Crippen molar-refractivity contribution in [2.75, 3.05) is 12.4 Å². The Labute approximate surface area is 196 Å². The first-order valence-corrected chi connectivity index (χ1v) is 12.3. The molecule has 8 heteroatoms. The van der Waals surface area contributed by atoms with Crippen LogP contribution in [0.1, 0.15) is 64.9 Å². The first-order valence-electron chi connectivity index (χ1n) is 11.5. The number of amides is 2. The molecule has 0 aliphatic heterocycles. The Morgan fingerprint density at radius 1 is 1.03 bits per heavy atom. The largest absolute Gasteiger partial charge is 0.469 e. The zero-order valence-corrected chi connectivity index (χ0v) is 19.6. The van der Waals surface area contributed by atoms with Crippen LogP contribution >= 0.6 is 11.3 Å². The van der Waals surface area contributed by atoms with Crippen molar-refractivity contribution in [3.8, 4) is 0 Å². The summed E-state index contributed by atoms with van der Waals surface area (Å²) in [6.07, 6.45) is 6.37. The monoisotopic (exact) mass is 472 g/mol. The van der Waals surface area contributed by atoms with Gasteiger partial charge in [0.2, 0.25) is 5.91 Å². The van der Waals surface area contributed by atoms with Gasteiger partial charge in [-0.05, 0) is 74.6 Å². The number of aryl methyl sites for hydroxylation is 1. The number of methoxy groups -OCH3 is 1. The molecule has 0 spiro atoms. The smallest absolute Gasteiger partial charge is 0.308 e. The lowest BCUT2D eigenvalue weighted by molar-refractivity contribution is -0.147. The molecular formula is C25H29FN2O4S. The second-order valence-electron chi connectivity index (χ2n) is 8.79. The normalized spacial score (nSPS) is 19.9. The molecule has 0 atom stereocenters. The van der Waals surface area contributed by atoms with Crippen molar-refractivity contribution >= 4 is 34.1 Å². The number of halogens is 1. The molecule has 176 valence electrons. The Balaban J connectivity index is 1.46. The van der Waals surface area contributed by atoms with Gasteiger partial charge in [0.05, 0.1) is 18.6 Å². The minimum atomic E-state index is -0.317.